The molecule has 0 spiro atoms. The van der Waals surface area contributed by atoms with E-state index < -0.39 is 30.2 Å². The number of esters is 1. The first-order valence-electron chi connectivity index (χ1n) is 12.9. The SMILES string of the molecule is COC(=O)C[C@H]1Cc2ccccc2CN1C(=O)[C@@H](NC(=O)Nc1cccc(Cl)c1)[C@@H](C)OCc1ccc(Cl)cc1. The Bertz CT molecular complexity index is 1350. The number of hydrogen-bond donors (Lipinski definition) is 2. The van der Waals surface area contributed by atoms with Crippen molar-refractivity contribution in [3.8, 4) is 0 Å². The number of carbonyl (C=O) groups excluding carboxylic acids is 3. The zero-order chi connectivity index (χ0) is 28.6. The summed E-state index contributed by atoms with van der Waals surface area (Å²) in [6.07, 6.45) is -0.208. The molecule has 0 saturated heterocycles. The van der Waals surface area contributed by atoms with Crippen molar-refractivity contribution in [2.45, 2.75) is 51.1 Å². The molecule has 0 fully saturated rings. The summed E-state index contributed by atoms with van der Waals surface area (Å²) >= 11 is 12.1. The van der Waals surface area contributed by atoms with Gasteiger partial charge in [0.25, 0.3) is 0 Å². The summed E-state index contributed by atoms with van der Waals surface area (Å²) in [6.45, 7) is 2.22. The molecule has 1 heterocycles. The maximum atomic E-state index is 14.1. The van der Waals surface area contributed by atoms with Crippen molar-refractivity contribution < 1.29 is 23.9 Å². The first kappa shape index (κ1) is 29.4. The molecule has 0 bridgehead atoms. The van der Waals surface area contributed by atoms with Gasteiger partial charge in [-0.2, -0.15) is 0 Å². The molecule has 3 atom stereocenters. The second kappa shape index (κ2) is 13.7. The minimum Gasteiger partial charge on any atom is -0.469 e. The second-order valence-corrected chi connectivity index (χ2v) is 10.5. The molecule has 210 valence electrons. The molecule has 3 amide bonds. The van der Waals surface area contributed by atoms with Gasteiger partial charge in [0.05, 0.1) is 26.2 Å². The normalized spacial score (nSPS) is 15.9. The predicted molar refractivity (Wildman–Crippen MR) is 154 cm³/mol. The summed E-state index contributed by atoms with van der Waals surface area (Å²) in [5, 5.41) is 6.58. The van der Waals surface area contributed by atoms with Crippen molar-refractivity contribution in [2.75, 3.05) is 12.4 Å². The third-order valence-electron chi connectivity index (χ3n) is 6.80. The maximum Gasteiger partial charge on any atom is 0.319 e. The molecular formula is C30H31Cl2N3O5. The quantitative estimate of drug-likeness (QED) is 0.319. The van der Waals surface area contributed by atoms with Gasteiger partial charge >= 0.3 is 12.0 Å². The molecule has 2 N–H and O–H groups in total. The summed E-state index contributed by atoms with van der Waals surface area (Å²) in [7, 11) is 1.32. The number of nitrogens with one attached hydrogen (secondary N) is 2. The number of ether oxygens (including phenoxy) is 2. The third-order valence-corrected chi connectivity index (χ3v) is 7.29. The van der Waals surface area contributed by atoms with Crippen LogP contribution in [0.3, 0.4) is 0 Å². The Morgan fingerprint density at radius 1 is 0.975 bits per heavy atom. The van der Waals surface area contributed by atoms with E-state index in [0.29, 0.717) is 22.2 Å². The van der Waals surface area contributed by atoms with Gasteiger partial charge in [-0.1, -0.05) is 65.7 Å². The highest BCUT2D eigenvalue weighted by atomic mass is 35.5. The number of hydrogen-bond acceptors (Lipinski definition) is 5. The Hall–Kier alpha value is -3.59. The average molecular weight is 585 g/mol. The van der Waals surface area contributed by atoms with Crippen LogP contribution in [0.5, 0.6) is 0 Å². The van der Waals surface area contributed by atoms with Gasteiger partial charge in [-0.15, -0.1) is 0 Å². The van der Waals surface area contributed by atoms with Gasteiger partial charge in [0.15, 0.2) is 0 Å². The predicted octanol–water partition coefficient (Wildman–Crippen LogP) is 5.61. The number of anilines is 1. The fourth-order valence-electron chi connectivity index (χ4n) is 4.64. The van der Waals surface area contributed by atoms with Gasteiger partial charge in [-0.3, -0.25) is 9.59 Å². The number of fused-ring (bicyclic) bond motifs is 1. The van der Waals surface area contributed by atoms with Crippen LogP contribution in [0.4, 0.5) is 10.5 Å². The second-order valence-electron chi connectivity index (χ2n) is 9.60. The van der Waals surface area contributed by atoms with Crippen LogP contribution in [0.25, 0.3) is 0 Å². The number of halogens is 2. The van der Waals surface area contributed by atoms with Crippen molar-refractivity contribution in [1.29, 1.82) is 0 Å². The molecule has 8 nitrogen and oxygen atoms in total. The van der Waals surface area contributed by atoms with Gasteiger partial charge in [-0.05, 0) is 60.4 Å². The highest BCUT2D eigenvalue weighted by Gasteiger charge is 2.38. The van der Waals surface area contributed by atoms with E-state index in [9.17, 15) is 14.4 Å². The van der Waals surface area contributed by atoms with Crippen molar-refractivity contribution in [2.24, 2.45) is 0 Å². The third kappa shape index (κ3) is 7.75. The fourth-order valence-corrected chi connectivity index (χ4v) is 4.96. The molecule has 4 rings (SSSR count). The summed E-state index contributed by atoms with van der Waals surface area (Å²) in [5.74, 6) is -0.786. The Kier molecular flexibility index (Phi) is 10.0. The Morgan fingerprint density at radius 3 is 2.40 bits per heavy atom. The highest BCUT2D eigenvalue weighted by molar-refractivity contribution is 6.31. The van der Waals surface area contributed by atoms with E-state index in [4.69, 9.17) is 32.7 Å². The van der Waals surface area contributed by atoms with Gasteiger partial charge in [0, 0.05) is 28.3 Å². The van der Waals surface area contributed by atoms with E-state index in [1.165, 1.54) is 7.11 Å². The number of methoxy groups -OCH3 is 1. The first-order valence-corrected chi connectivity index (χ1v) is 13.6. The van der Waals surface area contributed by atoms with Gasteiger partial charge in [0.2, 0.25) is 5.91 Å². The van der Waals surface area contributed by atoms with E-state index in [2.05, 4.69) is 10.6 Å². The average Bonchev–Trinajstić information content (AvgIpc) is 2.94. The van der Waals surface area contributed by atoms with E-state index in [-0.39, 0.29) is 25.5 Å². The summed E-state index contributed by atoms with van der Waals surface area (Å²) in [5.41, 5.74) is 3.38. The highest BCUT2D eigenvalue weighted by Crippen LogP contribution is 2.27. The maximum absolute atomic E-state index is 14.1. The Balaban J connectivity index is 1.58. The molecule has 1 aliphatic heterocycles. The zero-order valence-electron chi connectivity index (χ0n) is 22.2. The van der Waals surface area contributed by atoms with Crippen LogP contribution in [-0.4, -0.2) is 48.1 Å². The number of rotatable bonds is 9. The smallest absolute Gasteiger partial charge is 0.319 e. The molecule has 0 unspecified atom stereocenters. The van der Waals surface area contributed by atoms with Crippen molar-refractivity contribution in [1.82, 2.24) is 10.2 Å². The lowest BCUT2D eigenvalue weighted by Gasteiger charge is -2.39. The first-order chi connectivity index (χ1) is 19.2. The number of urea groups is 1. The molecule has 3 aromatic carbocycles. The van der Waals surface area contributed by atoms with Gasteiger partial charge in [-0.25, -0.2) is 4.79 Å². The molecule has 3 aromatic rings. The molecule has 1 aliphatic rings. The van der Waals surface area contributed by atoms with Crippen molar-refractivity contribution >= 4 is 46.8 Å². The summed E-state index contributed by atoms with van der Waals surface area (Å²) < 4.78 is 11.0. The largest absolute Gasteiger partial charge is 0.469 e. The standard InChI is InChI=1S/C30H31Cl2N3O5/c1-19(40-18-20-10-12-23(31)13-11-20)28(34-30(38)33-25-9-5-8-24(32)15-25)29(37)35-17-22-7-4-3-6-21(22)14-26(35)16-27(36)39-2/h3-13,15,19,26,28H,14,16-18H2,1-2H3,(H2,33,34,38)/t19-,26-,28+/m1/s1. The number of nitrogens with zero attached hydrogens (tertiary/aromatic N) is 1. The zero-order valence-corrected chi connectivity index (χ0v) is 23.7. The lowest BCUT2D eigenvalue weighted by molar-refractivity contribution is -0.146. The molecule has 0 saturated carbocycles. The summed E-state index contributed by atoms with van der Waals surface area (Å²) in [6, 6.07) is 19.6. The van der Waals surface area contributed by atoms with Crippen molar-refractivity contribution in [3.05, 3.63) is 99.5 Å². The Morgan fingerprint density at radius 2 is 1.70 bits per heavy atom. The monoisotopic (exact) mass is 583 g/mol. The van der Waals surface area contributed by atoms with E-state index in [1.54, 1.807) is 48.2 Å². The number of amides is 3. The lowest BCUT2D eigenvalue weighted by atomic mass is 9.91. The van der Waals surface area contributed by atoms with E-state index >= 15 is 0 Å². The van der Waals surface area contributed by atoms with Gasteiger partial charge < -0.3 is 25.0 Å². The minimum absolute atomic E-state index is 0.0258. The van der Waals surface area contributed by atoms with Crippen LogP contribution in [0.1, 0.15) is 30.0 Å². The number of carbonyl (C=O) groups is 3. The van der Waals surface area contributed by atoms with E-state index in [0.717, 1.165) is 16.7 Å². The minimum atomic E-state index is -1.06. The number of benzene rings is 3. The fraction of sp³-hybridized carbons (Fsp3) is 0.300. The van der Waals surface area contributed by atoms with Gasteiger partial charge in [0.1, 0.15) is 6.04 Å². The van der Waals surface area contributed by atoms with Crippen LogP contribution in [0, 0.1) is 0 Å². The van der Waals surface area contributed by atoms with Crippen LogP contribution in [0.2, 0.25) is 10.0 Å². The molecular weight excluding hydrogens is 553 g/mol. The molecule has 0 aliphatic carbocycles. The van der Waals surface area contributed by atoms with Crippen LogP contribution in [-0.2, 0) is 38.6 Å². The van der Waals surface area contributed by atoms with Crippen LogP contribution < -0.4 is 10.6 Å². The Labute approximate surface area is 243 Å². The molecule has 0 radical (unpaired) electrons. The summed E-state index contributed by atoms with van der Waals surface area (Å²) in [4.78, 5) is 41.1. The molecule has 40 heavy (non-hydrogen) atoms. The van der Waals surface area contributed by atoms with Crippen LogP contribution >= 0.6 is 23.2 Å². The van der Waals surface area contributed by atoms with Crippen LogP contribution in [0.15, 0.2) is 72.8 Å². The molecule has 10 heteroatoms. The van der Waals surface area contributed by atoms with E-state index in [1.807, 2.05) is 36.4 Å². The topological polar surface area (TPSA) is 97.0 Å². The lowest BCUT2D eigenvalue weighted by Crippen LogP contribution is -2.58. The van der Waals surface area contributed by atoms with Crippen molar-refractivity contribution in [3.63, 3.8) is 0 Å². The molecule has 0 aromatic heterocycles.